The Hall–Kier alpha value is -5.07. The highest BCUT2D eigenvalue weighted by Gasteiger charge is 2.36. The first kappa shape index (κ1) is 43.1. The number of Topliss-reactive ketones (excluding diaryl/α,β-unsaturated/α-hetero) is 1. The molecule has 0 heterocycles. The van der Waals surface area contributed by atoms with Gasteiger partial charge >= 0.3 is 5.97 Å². The third kappa shape index (κ3) is 14.7. The zero-order valence-corrected chi connectivity index (χ0v) is 30.9. The van der Waals surface area contributed by atoms with Crippen molar-refractivity contribution < 1.29 is 38.7 Å². The van der Waals surface area contributed by atoms with Gasteiger partial charge in [-0.05, 0) is 61.6 Å². The van der Waals surface area contributed by atoms with E-state index in [-0.39, 0.29) is 37.2 Å². The third-order valence-corrected chi connectivity index (χ3v) is 8.63. The molecule has 1 unspecified atom stereocenters. The van der Waals surface area contributed by atoms with Crippen molar-refractivity contribution in [2.24, 2.45) is 23.5 Å². The average Bonchev–Trinajstić information content (AvgIpc) is 3.09. The summed E-state index contributed by atoms with van der Waals surface area (Å²) in [6, 6.07) is 12.9. The molecule has 0 spiro atoms. The molecule has 284 valence electrons. The van der Waals surface area contributed by atoms with Crippen molar-refractivity contribution in [3.8, 4) is 0 Å². The molecule has 2 rings (SSSR count). The summed E-state index contributed by atoms with van der Waals surface area (Å²) in [5.41, 5.74) is 6.76. The van der Waals surface area contributed by atoms with Gasteiger partial charge in [0.25, 0.3) is 5.91 Å². The highest BCUT2D eigenvalue weighted by molar-refractivity contribution is 6.05. The smallest absolute Gasteiger partial charge is 0.303 e. The summed E-state index contributed by atoms with van der Waals surface area (Å²) in [7, 11) is 0. The van der Waals surface area contributed by atoms with Crippen LogP contribution in [-0.4, -0.2) is 70.6 Å². The molecule has 0 bridgehead atoms. The number of hydrogen-bond donors (Lipinski definition) is 6. The number of ketones is 1. The quantitative estimate of drug-likeness (QED) is 0.0935. The van der Waals surface area contributed by atoms with Crippen LogP contribution in [0.1, 0.15) is 95.5 Å². The molecule has 13 heteroatoms. The van der Waals surface area contributed by atoms with E-state index >= 15 is 0 Å². The standard InChI is InChI=1S/C39H55N5O8/c1-6-7-18-28(42-38(51)30(21-22-32(45)46)41-36(49)27-16-12-9-13-17-27)37(50)43-29(20-19-26-14-10-8-11-15-26)39(52)44-31(23-24(2)3)34(47)33(25(4)5)35(40)48/h8-17,24-25,28-31,33H,6-7,18-23H2,1-5H3,(H2,40,48)(H,41,49)(H,42,51)(H,43,50)(H,44,52)(H,45,46)/t28-,29-,30-,31-,33?/m0/s1. The maximum atomic E-state index is 13.9. The molecular formula is C39H55N5O8. The van der Waals surface area contributed by atoms with E-state index in [0.29, 0.717) is 19.3 Å². The van der Waals surface area contributed by atoms with E-state index in [0.717, 1.165) is 5.56 Å². The maximum absolute atomic E-state index is 13.9. The number of unbranched alkanes of at least 4 members (excludes halogenated alkanes) is 1. The summed E-state index contributed by atoms with van der Waals surface area (Å²) in [5.74, 6) is -6.63. The van der Waals surface area contributed by atoms with Crippen molar-refractivity contribution in [3.63, 3.8) is 0 Å². The van der Waals surface area contributed by atoms with E-state index in [9.17, 15) is 38.7 Å². The van der Waals surface area contributed by atoms with Gasteiger partial charge in [0, 0.05) is 12.0 Å². The Morgan fingerprint density at radius 2 is 1.17 bits per heavy atom. The predicted octanol–water partition coefficient (Wildman–Crippen LogP) is 3.30. The second kappa shape index (κ2) is 22.0. The molecule has 5 atom stereocenters. The molecule has 0 aliphatic rings. The van der Waals surface area contributed by atoms with E-state index in [2.05, 4.69) is 21.3 Å². The number of aliphatic carboxylic acids is 1. The van der Waals surface area contributed by atoms with Crippen molar-refractivity contribution in [1.29, 1.82) is 0 Å². The second-order valence-corrected chi connectivity index (χ2v) is 13.8. The van der Waals surface area contributed by atoms with Crippen molar-refractivity contribution in [3.05, 3.63) is 71.8 Å². The lowest BCUT2D eigenvalue weighted by Crippen LogP contribution is -2.58. The second-order valence-electron chi connectivity index (χ2n) is 13.8. The van der Waals surface area contributed by atoms with Crippen LogP contribution in [0, 0.1) is 17.8 Å². The van der Waals surface area contributed by atoms with Crippen LogP contribution in [0.5, 0.6) is 0 Å². The Labute approximate surface area is 306 Å². The van der Waals surface area contributed by atoms with Crippen LogP contribution in [0.4, 0.5) is 0 Å². The van der Waals surface area contributed by atoms with E-state index < -0.39 is 83.7 Å². The van der Waals surface area contributed by atoms with Crippen molar-refractivity contribution >= 4 is 41.3 Å². The Morgan fingerprint density at radius 1 is 0.673 bits per heavy atom. The molecule has 52 heavy (non-hydrogen) atoms. The number of benzene rings is 2. The first-order valence-electron chi connectivity index (χ1n) is 18.0. The summed E-state index contributed by atoms with van der Waals surface area (Å²) in [6.45, 7) is 9.07. The van der Waals surface area contributed by atoms with Gasteiger partial charge in [0.05, 0.1) is 6.04 Å². The maximum Gasteiger partial charge on any atom is 0.303 e. The fourth-order valence-corrected chi connectivity index (χ4v) is 5.82. The topological polar surface area (TPSA) is 214 Å². The van der Waals surface area contributed by atoms with E-state index in [1.807, 2.05) is 51.1 Å². The molecule has 0 fully saturated rings. The molecule has 13 nitrogen and oxygen atoms in total. The number of nitrogens with one attached hydrogen (secondary N) is 4. The zero-order chi connectivity index (χ0) is 38.8. The largest absolute Gasteiger partial charge is 0.481 e. The number of aryl methyl sites for hydroxylation is 1. The minimum Gasteiger partial charge on any atom is -0.481 e. The molecule has 0 saturated heterocycles. The summed E-state index contributed by atoms with van der Waals surface area (Å²) in [6.07, 6.45) is 1.56. The van der Waals surface area contributed by atoms with Crippen LogP contribution in [0.25, 0.3) is 0 Å². The number of nitrogens with two attached hydrogens (primary N) is 1. The number of carboxylic acids is 1. The van der Waals surface area contributed by atoms with Crippen LogP contribution in [0.2, 0.25) is 0 Å². The van der Waals surface area contributed by atoms with Crippen molar-refractivity contribution in [1.82, 2.24) is 21.3 Å². The fraction of sp³-hybridized carbons (Fsp3) is 0.513. The molecule has 0 aromatic heterocycles. The summed E-state index contributed by atoms with van der Waals surface area (Å²) in [5, 5.41) is 20.1. The first-order chi connectivity index (χ1) is 24.6. The SMILES string of the molecule is CCCC[C@H](NC(=O)[C@H](CCC(=O)O)NC(=O)c1ccccc1)C(=O)N[C@@H](CCc1ccccc1)C(=O)N[C@@H](CC(C)C)C(=O)C(C(N)=O)C(C)C. The van der Waals surface area contributed by atoms with Gasteiger partial charge in [0.1, 0.15) is 24.0 Å². The number of carbonyl (C=O) groups is 7. The summed E-state index contributed by atoms with van der Waals surface area (Å²) in [4.78, 5) is 91.6. The number of carboxylic acid groups (broad SMARTS) is 1. The molecule has 5 amide bonds. The monoisotopic (exact) mass is 721 g/mol. The van der Waals surface area contributed by atoms with Crippen LogP contribution in [-0.2, 0) is 35.2 Å². The Balaban J connectivity index is 2.37. The van der Waals surface area contributed by atoms with Crippen LogP contribution < -0.4 is 27.0 Å². The van der Waals surface area contributed by atoms with Gasteiger partial charge in [-0.1, -0.05) is 96.0 Å². The number of rotatable bonds is 23. The van der Waals surface area contributed by atoms with Gasteiger partial charge in [0.15, 0.2) is 5.78 Å². The molecular weight excluding hydrogens is 666 g/mol. The van der Waals surface area contributed by atoms with E-state index in [1.54, 1.807) is 44.2 Å². The van der Waals surface area contributed by atoms with E-state index in [4.69, 9.17) is 5.73 Å². The van der Waals surface area contributed by atoms with Gasteiger partial charge in [-0.3, -0.25) is 33.6 Å². The molecule has 0 aliphatic carbocycles. The lowest BCUT2D eigenvalue weighted by atomic mass is 9.84. The number of amides is 5. The lowest BCUT2D eigenvalue weighted by Gasteiger charge is -2.28. The van der Waals surface area contributed by atoms with E-state index in [1.165, 1.54) is 0 Å². The normalized spacial score (nSPS) is 14.0. The average molecular weight is 722 g/mol. The third-order valence-electron chi connectivity index (χ3n) is 8.63. The molecule has 0 saturated carbocycles. The van der Waals surface area contributed by atoms with Gasteiger partial charge in [-0.15, -0.1) is 0 Å². The summed E-state index contributed by atoms with van der Waals surface area (Å²) >= 11 is 0. The van der Waals surface area contributed by atoms with Crippen molar-refractivity contribution in [2.45, 2.75) is 110 Å². The highest BCUT2D eigenvalue weighted by atomic mass is 16.4. The number of hydrogen-bond acceptors (Lipinski definition) is 7. The molecule has 2 aromatic carbocycles. The van der Waals surface area contributed by atoms with Crippen LogP contribution in [0.3, 0.4) is 0 Å². The Kier molecular flexibility index (Phi) is 18.2. The highest BCUT2D eigenvalue weighted by Crippen LogP contribution is 2.18. The Morgan fingerprint density at radius 3 is 1.65 bits per heavy atom. The zero-order valence-electron chi connectivity index (χ0n) is 30.9. The van der Waals surface area contributed by atoms with Gasteiger partial charge in [0.2, 0.25) is 23.6 Å². The Bertz CT molecular complexity index is 1500. The van der Waals surface area contributed by atoms with Crippen LogP contribution in [0.15, 0.2) is 60.7 Å². The molecule has 0 radical (unpaired) electrons. The first-order valence-corrected chi connectivity index (χ1v) is 18.0. The minimum atomic E-state index is -1.26. The molecule has 2 aromatic rings. The molecule has 7 N–H and O–H groups in total. The predicted molar refractivity (Wildman–Crippen MR) is 197 cm³/mol. The number of primary amides is 1. The van der Waals surface area contributed by atoms with Crippen LogP contribution >= 0.6 is 0 Å². The number of carbonyl (C=O) groups excluding carboxylic acids is 6. The van der Waals surface area contributed by atoms with Gasteiger partial charge in [-0.25, -0.2) is 0 Å². The fourth-order valence-electron chi connectivity index (χ4n) is 5.82. The summed E-state index contributed by atoms with van der Waals surface area (Å²) < 4.78 is 0. The lowest BCUT2D eigenvalue weighted by molar-refractivity contribution is -0.139. The molecule has 0 aliphatic heterocycles. The van der Waals surface area contributed by atoms with Gasteiger partial charge < -0.3 is 32.1 Å². The minimum absolute atomic E-state index is 0.0302. The van der Waals surface area contributed by atoms with Crippen molar-refractivity contribution in [2.75, 3.05) is 0 Å². The van der Waals surface area contributed by atoms with Gasteiger partial charge in [-0.2, -0.15) is 0 Å².